The van der Waals surface area contributed by atoms with Crippen LogP contribution in [0.2, 0.25) is 0 Å². The Hall–Kier alpha value is -2.62. The number of carboxylic acid groups (broad SMARTS) is 2. The van der Waals surface area contributed by atoms with Gasteiger partial charge in [0.2, 0.25) is 5.91 Å². The number of likely N-dealkylation sites (tertiary alicyclic amines) is 1. The van der Waals surface area contributed by atoms with E-state index in [0.717, 1.165) is 43.6 Å². The fourth-order valence-corrected chi connectivity index (χ4v) is 2.43. The van der Waals surface area contributed by atoms with Gasteiger partial charge >= 0.3 is 18.1 Å². The predicted octanol–water partition coefficient (Wildman–Crippen LogP) is 1.56. The number of piperidine rings is 1. The van der Waals surface area contributed by atoms with Crippen molar-refractivity contribution in [2.75, 3.05) is 13.1 Å². The Morgan fingerprint density at radius 1 is 1.04 bits per heavy atom. The van der Waals surface area contributed by atoms with E-state index in [9.17, 15) is 18.0 Å². The minimum atomic E-state index is -4.29. The fourth-order valence-electron chi connectivity index (χ4n) is 2.43. The number of carbonyl (C=O) groups is 3. The van der Waals surface area contributed by atoms with Crippen LogP contribution in [0, 0.1) is 5.92 Å². The highest BCUT2D eigenvalue weighted by molar-refractivity contribution is 6.27. The Kier molecular flexibility index (Phi) is 7.56. The average molecular weight is 376 g/mol. The normalized spacial score (nSPS) is 15.7. The van der Waals surface area contributed by atoms with Gasteiger partial charge in [-0.3, -0.25) is 9.69 Å². The number of nitrogens with zero attached hydrogens (tertiary/aromatic N) is 1. The average Bonchev–Trinajstić information content (AvgIpc) is 2.55. The lowest BCUT2D eigenvalue weighted by molar-refractivity contribution is -0.159. The molecule has 0 radical (unpaired) electrons. The first kappa shape index (κ1) is 21.4. The summed E-state index contributed by atoms with van der Waals surface area (Å²) >= 11 is 0. The van der Waals surface area contributed by atoms with E-state index in [4.69, 9.17) is 25.5 Å². The Morgan fingerprint density at radius 2 is 1.50 bits per heavy atom. The molecule has 0 atom stereocenters. The lowest BCUT2D eigenvalue weighted by Crippen LogP contribution is -2.38. The second kappa shape index (κ2) is 9.18. The fraction of sp³-hybridized carbons (Fsp3) is 0.438. The number of nitrogens with two attached hydrogens (primary N) is 1. The number of alkyl halides is 3. The predicted molar refractivity (Wildman–Crippen MR) is 83.9 cm³/mol. The first-order chi connectivity index (χ1) is 12.0. The molecule has 0 aromatic heterocycles. The van der Waals surface area contributed by atoms with Crippen LogP contribution >= 0.6 is 0 Å². The van der Waals surface area contributed by atoms with Gasteiger partial charge in [-0.2, -0.15) is 13.2 Å². The third-order valence-corrected chi connectivity index (χ3v) is 3.86. The van der Waals surface area contributed by atoms with E-state index in [1.54, 1.807) is 0 Å². The lowest BCUT2D eigenvalue weighted by atomic mass is 9.96. The van der Waals surface area contributed by atoms with E-state index in [0.29, 0.717) is 6.54 Å². The van der Waals surface area contributed by atoms with Crippen molar-refractivity contribution in [1.82, 2.24) is 4.90 Å². The van der Waals surface area contributed by atoms with Crippen molar-refractivity contribution < 1.29 is 37.8 Å². The molecule has 1 aliphatic rings. The summed E-state index contributed by atoms with van der Waals surface area (Å²) in [6.07, 6.45) is -2.86. The number of rotatable bonds is 3. The maximum Gasteiger partial charge on any atom is 0.416 e. The van der Waals surface area contributed by atoms with Crippen LogP contribution in [0.1, 0.15) is 24.0 Å². The van der Waals surface area contributed by atoms with Gasteiger partial charge in [0, 0.05) is 12.5 Å². The SMILES string of the molecule is NC(=O)C1CCN(Cc2ccc(C(F)(F)F)cc2)CC1.O=C(O)C(=O)O. The summed E-state index contributed by atoms with van der Waals surface area (Å²) < 4.78 is 37.3. The number of hydrogen-bond acceptors (Lipinski definition) is 4. The summed E-state index contributed by atoms with van der Waals surface area (Å²) in [4.78, 5) is 31.4. The molecule has 4 N–H and O–H groups in total. The van der Waals surface area contributed by atoms with Crippen molar-refractivity contribution in [3.63, 3.8) is 0 Å². The van der Waals surface area contributed by atoms with Crippen LogP contribution in [0.5, 0.6) is 0 Å². The molecule has 0 aliphatic carbocycles. The number of benzene rings is 1. The van der Waals surface area contributed by atoms with Crippen LogP contribution in [0.3, 0.4) is 0 Å². The number of carbonyl (C=O) groups excluding carboxylic acids is 1. The molecule has 7 nitrogen and oxygen atoms in total. The van der Waals surface area contributed by atoms with Crippen molar-refractivity contribution in [3.8, 4) is 0 Å². The smallest absolute Gasteiger partial charge is 0.416 e. The topological polar surface area (TPSA) is 121 Å². The summed E-state index contributed by atoms with van der Waals surface area (Å²) in [6.45, 7) is 2.09. The molecule has 0 bridgehead atoms. The van der Waals surface area contributed by atoms with Crippen molar-refractivity contribution in [2.45, 2.75) is 25.6 Å². The van der Waals surface area contributed by atoms with Crippen molar-refractivity contribution in [1.29, 1.82) is 0 Å². The number of carboxylic acids is 2. The molecule has 1 aliphatic heterocycles. The Labute approximate surface area is 147 Å². The molecule has 1 heterocycles. The first-order valence-electron chi connectivity index (χ1n) is 7.64. The molecule has 1 aromatic rings. The van der Waals surface area contributed by atoms with Crippen molar-refractivity contribution >= 4 is 17.8 Å². The molecule has 1 saturated heterocycles. The van der Waals surface area contributed by atoms with Crippen LogP contribution in [0.4, 0.5) is 13.2 Å². The Balaban J connectivity index is 0.000000487. The Morgan fingerprint density at radius 3 is 1.85 bits per heavy atom. The molecular weight excluding hydrogens is 357 g/mol. The molecule has 0 spiro atoms. The molecular formula is C16H19F3N2O5. The third-order valence-electron chi connectivity index (χ3n) is 3.86. The maximum atomic E-state index is 12.4. The van der Waals surface area contributed by atoms with Crippen LogP contribution in [-0.4, -0.2) is 46.0 Å². The molecule has 1 aromatic carbocycles. The minimum Gasteiger partial charge on any atom is -0.473 e. The summed E-state index contributed by atoms with van der Waals surface area (Å²) in [6, 6.07) is 5.21. The highest BCUT2D eigenvalue weighted by Crippen LogP contribution is 2.29. The zero-order valence-electron chi connectivity index (χ0n) is 13.7. The van der Waals surface area contributed by atoms with Crippen LogP contribution in [0.15, 0.2) is 24.3 Å². The summed E-state index contributed by atoms with van der Waals surface area (Å²) in [7, 11) is 0. The van der Waals surface area contributed by atoms with Gasteiger partial charge in [-0.25, -0.2) is 9.59 Å². The largest absolute Gasteiger partial charge is 0.473 e. The molecule has 2 rings (SSSR count). The van der Waals surface area contributed by atoms with Crippen LogP contribution in [0.25, 0.3) is 0 Å². The monoisotopic (exact) mass is 376 g/mol. The summed E-state index contributed by atoms with van der Waals surface area (Å²) in [5.74, 6) is -3.98. The van der Waals surface area contributed by atoms with Crippen molar-refractivity contribution in [3.05, 3.63) is 35.4 Å². The maximum absolute atomic E-state index is 12.4. The Bertz CT molecular complexity index is 626. The van der Waals surface area contributed by atoms with Gasteiger partial charge in [-0.05, 0) is 43.6 Å². The van der Waals surface area contributed by atoms with Crippen LogP contribution < -0.4 is 5.73 Å². The zero-order valence-corrected chi connectivity index (χ0v) is 13.7. The van der Waals surface area contributed by atoms with Gasteiger partial charge in [0.15, 0.2) is 0 Å². The van der Waals surface area contributed by atoms with E-state index in [1.807, 2.05) is 0 Å². The van der Waals surface area contributed by atoms with E-state index in [-0.39, 0.29) is 11.8 Å². The van der Waals surface area contributed by atoms with Gasteiger partial charge in [0.05, 0.1) is 5.56 Å². The zero-order chi connectivity index (χ0) is 19.9. The van der Waals surface area contributed by atoms with Gasteiger partial charge in [-0.1, -0.05) is 12.1 Å². The molecule has 0 unspecified atom stereocenters. The molecule has 1 fully saturated rings. The van der Waals surface area contributed by atoms with E-state index in [2.05, 4.69) is 4.90 Å². The van der Waals surface area contributed by atoms with Crippen LogP contribution in [-0.2, 0) is 27.1 Å². The number of aliphatic carboxylic acids is 2. The standard InChI is InChI=1S/C14H17F3N2O.C2H2O4/c15-14(16,17)12-3-1-10(2-4-12)9-19-7-5-11(6-8-19)13(18)20;3-1(4)2(5)6/h1-4,11H,5-9H2,(H2,18,20);(H,3,4)(H,5,6). The summed E-state index contributed by atoms with van der Waals surface area (Å²) in [5.41, 5.74) is 5.47. The molecule has 26 heavy (non-hydrogen) atoms. The number of primary amides is 1. The second-order valence-electron chi connectivity index (χ2n) is 5.76. The quantitative estimate of drug-likeness (QED) is 0.689. The van der Waals surface area contributed by atoms with Gasteiger partial charge in [0.1, 0.15) is 0 Å². The lowest BCUT2D eigenvalue weighted by Gasteiger charge is -2.30. The first-order valence-corrected chi connectivity index (χ1v) is 7.64. The van der Waals surface area contributed by atoms with E-state index < -0.39 is 23.7 Å². The highest BCUT2D eigenvalue weighted by atomic mass is 19.4. The molecule has 0 saturated carbocycles. The van der Waals surface area contributed by atoms with Gasteiger partial charge in [0.25, 0.3) is 0 Å². The summed E-state index contributed by atoms with van der Waals surface area (Å²) in [5, 5.41) is 14.8. The second-order valence-corrected chi connectivity index (χ2v) is 5.76. The van der Waals surface area contributed by atoms with E-state index in [1.165, 1.54) is 12.1 Å². The third kappa shape index (κ3) is 7.09. The number of halogens is 3. The van der Waals surface area contributed by atoms with Gasteiger partial charge < -0.3 is 15.9 Å². The highest BCUT2D eigenvalue weighted by Gasteiger charge is 2.30. The van der Waals surface area contributed by atoms with E-state index >= 15 is 0 Å². The molecule has 1 amide bonds. The van der Waals surface area contributed by atoms with Crippen molar-refractivity contribution in [2.24, 2.45) is 11.7 Å². The number of hydrogen-bond donors (Lipinski definition) is 3. The molecule has 10 heteroatoms. The number of amides is 1. The van der Waals surface area contributed by atoms with Gasteiger partial charge in [-0.15, -0.1) is 0 Å². The minimum absolute atomic E-state index is 0.0705. The molecule has 144 valence electrons.